The molecule has 0 radical (unpaired) electrons. The Labute approximate surface area is 128 Å². The van der Waals surface area contributed by atoms with Crippen LogP contribution in [0.15, 0.2) is 42.5 Å². The lowest BCUT2D eigenvalue weighted by atomic mass is 10.1. The molecule has 108 valence electrons. The quantitative estimate of drug-likeness (QED) is 0.866. The van der Waals surface area contributed by atoms with Gasteiger partial charge in [0, 0.05) is 12.1 Å². The van der Waals surface area contributed by atoms with Crippen LogP contribution < -0.4 is 15.4 Å². The largest absolute Gasteiger partial charge is 0.491 e. The van der Waals surface area contributed by atoms with Gasteiger partial charge in [-0.2, -0.15) is 0 Å². The molecule has 0 atom stereocenters. The molecular formula is C16H15FN2OS. The first kappa shape index (κ1) is 13.8. The van der Waals surface area contributed by atoms with Crippen LogP contribution in [0, 0.1) is 5.82 Å². The Morgan fingerprint density at radius 3 is 2.81 bits per heavy atom. The van der Waals surface area contributed by atoms with E-state index >= 15 is 0 Å². The van der Waals surface area contributed by atoms with Crippen LogP contribution in [0.4, 0.5) is 10.1 Å². The van der Waals surface area contributed by atoms with Crippen molar-refractivity contribution >= 4 is 22.9 Å². The van der Waals surface area contributed by atoms with E-state index in [1.807, 2.05) is 35.2 Å². The number of hydrogen-bond donors (Lipinski definition) is 1. The molecular weight excluding hydrogens is 287 g/mol. The molecule has 21 heavy (non-hydrogen) atoms. The monoisotopic (exact) mass is 302 g/mol. The van der Waals surface area contributed by atoms with Crippen molar-refractivity contribution in [2.24, 2.45) is 5.73 Å². The summed E-state index contributed by atoms with van der Waals surface area (Å²) in [6.45, 7) is 1.81. The highest BCUT2D eigenvalue weighted by molar-refractivity contribution is 7.80. The van der Waals surface area contributed by atoms with Crippen molar-refractivity contribution < 1.29 is 9.13 Å². The van der Waals surface area contributed by atoms with Crippen molar-refractivity contribution in [2.45, 2.75) is 6.54 Å². The van der Waals surface area contributed by atoms with Gasteiger partial charge in [-0.15, -0.1) is 0 Å². The number of ether oxygens (including phenoxy) is 1. The number of benzene rings is 2. The maximum absolute atomic E-state index is 14.0. The van der Waals surface area contributed by atoms with Gasteiger partial charge in [0.2, 0.25) is 0 Å². The molecule has 2 N–H and O–H groups in total. The molecule has 0 bridgehead atoms. The SMILES string of the molecule is NC(=S)c1c(F)cccc1N1CCOc2ccccc2C1. The van der Waals surface area contributed by atoms with Crippen LogP contribution in [0.3, 0.4) is 0 Å². The fourth-order valence-corrected chi connectivity index (χ4v) is 2.75. The number of anilines is 1. The zero-order chi connectivity index (χ0) is 14.8. The second-order valence-corrected chi connectivity index (χ2v) is 5.32. The Morgan fingerprint density at radius 1 is 1.19 bits per heavy atom. The zero-order valence-corrected chi connectivity index (χ0v) is 12.2. The second kappa shape index (κ2) is 5.69. The molecule has 2 aromatic rings. The highest BCUT2D eigenvalue weighted by Gasteiger charge is 2.20. The first-order valence-electron chi connectivity index (χ1n) is 6.71. The molecule has 2 aromatic carbocycles. The Balaban J connectivity index is 2.02. The van der Waals surface area contributed by atoms with Gasteiger partial charge in [-0.1, -0.05) is 36.5 Å². The molecule has 0 unspecified atom stereocenters. The van der Waals surface area contributed by atoms with E-state index in [9.17, 15) is 4.39 Å². The van der Waals surface area contributed by atoms with Crippen molar-refractivity contribution in [3.05, 3.63) is 59.4 Å². The zero-order valence-electron chi connectivity index (χ0n) is 11.4. The minimum Gasteiger partial charge on any atom is -0.491 e. The van der Waals surface area contributed by atoms with E-state index < -0.39 is 5.82 Å². The van der Waals surface area contributed by atoms with Crippen LogP contribution >= 0.6 is 12.2 Å². The molecule has 3 nitrogen and oxygen atoms in total. The maximum Gasteiger partial charge on any atom is 0.135 e. The van der Waals surface area contributed by atoms with Crippen molar-refractivity contribution in [2.75, 3.05) is 18.1 Å². The van der Waals surface area contributed by atoms with Crippen LogP contribution in [0.25, 0.3) is 0 Å². The van der Waals surface area contributed by atoms with Gasteiger partial charge in [-0.25, -0.2) is 4.39 Å². The van der Waals surface area contributed by atoms with Crippen molar-refractivity contribution in [3.63, 3.8) is 0 Å². The standard InChI is InChI=1S/C16H15FN2OS/c17-12-5-3-6-13(15(12)16(18)21)19-8-9-20-14-7-2-1-4-11(14)10-19/h1-7H,8-10H2,(H2,18,21). The van der Waals surface area contributed by atoms with Crippen LogP contribution in [0.2, 0.25) is 0 Å². The molecule has 0 spiro atoms. The van der Waals surface area contributed by atoms with Gasteiger partial charge in [-0.3, -0.25) is 0 Å². The summed E-state index contributed by atoms with van der Waals surface area (Å²) in [5.41, 5.74) is 7.76. The Kier molecular flexibility index (Phi) is 3.75. The number of nitrogens with zero attached hydrogens (tertiary/aromatic N) is 1. The van der Waals surface area contributed by atoms with E-state index in [4.69, 9.17) is 22.7 Å². The third-order valence-electron chi connectivity index (χ3n) is 3.53. The Morgan fingerprint density at radius 2 is 2.00 bits per heavy atom. The summed E-state index contributed by atoms with van der Waals surface area (Å²) in [7, 11) is 0. The number of hydrogen-bond acceptors (Lipinski definition) is 3. The summed E-state index contributed by atoms with van der Waals surface area (Å²) >= 11 is 5.00. The van der Waals surface area contributed by atoms with Gasteiger partial charge < -0.3 is 15.4 Å². The van der Waals surface area contributed by atoms with Gasteiger partial charge in [-0.05, 0) is 18.2 Å². The topological polar surface area (TPSA) is 38.5 Å². The molecule has 0 fully saturated rings. The van der Waals surface area contributed by atoms with Gasteiger partial charge in [0.15, 0.2) is 0 Å². The van der Waals surface area contributed by atoms with Gasteiger partial charge >= 0.3 is 0 Å². The van der Waals surface area contributed by atoms with Crippen molar-refractivity contribution in [1.29, 1.82) is 0 Å². The van der Waals surface area contributed by atoms with E-state index in [1.165, 1.54) is 6.07 Å². The third kappa shape index (κ3) is 2.69. The molecule has 3 rings (SSSR count). The number of halogens is 1. The van der Waals surface area contributed by atoms with E-state index in [2.05, 4.69) is 0 Å². The smallest absolute Gasteiger partial charge is 0.135 e. The summed E-state index contributed by atoms with van der Waals surface area (Å²) in [6, 6.07) is 12.7. The lowest BCUT2D eigenvalue weighted by Gasteiger charge is -2.24. The lowest BCUT2D eigenvalue weighted by Crippen LogP contribution is -2.28. The number of nitrogens with two attached hydrogens (primary N) is 1. The molecule has 0 aliphatic carbocycles. The molecule has 1 aliphatic rings. The van der Waals surface area contributed by atoms with E-state index in [0.717, 1.165) is 11.3 Å². The summed E-state index contributed by atoms with van der Waals surface area (Å²) in [5, 5.41) is 0. The van der Waals surface area contributed by atoms with Crippen LogP contribution in [0.1, 0.15) is 11.1 Å². The summed E-state index contributed by atoms with van der Waals surface area (Å²) in [4.78, 5) is 2.12. The minimum absolute atomic E-state index is 0.0709. The van der Waals surface area contributed by atoms with Gasteiger partial charge in [0.1, 0.15) is 23.2 Å². The highest BCUT2D eigenvalue weighted by Crippen LogP contribution is 2.29. The highest BCUT2D eigenvalue weighted by atomic mass is 32.1. The maximum atomic E-state index is 14.0. The first-order valence-corrected chi connectivity index (χ1v) is 7.11. The summed E-state index contributed by atoms with van der Waals surface area (Å²) in [5.74, 6) is 0.478. The molecule has 0 aromatic heterocycles. The van der Waals surface area contributed by atoms with E-state index in [1.54, 1.807) is 6.07 Å². The Bertz CT molecular complexity index is 690. The van der Waals surface area contributed by atoms with Gasteiger partial charge in [0.05, 0.1) is 17.8 Å². The second-order valence-electron chi connectivity index (χ2n) is 4.88. The third-order valence-corrected chi connectivity index (χ3v) is 3.74. The first-order chi connectivity index (χ1) is 10.2. The predicted octanol–water partition coefficient (Wildman–Crippen LogP) is 2.86. The molecule has 1 heterocycles. The molecule has 1 aliphatic heterocycles. The number of para-hydroxylation sites is 1. The summed E-state index contributed by atoms with van der Waals surface area (Å²) < 4.78 is 19.8. The molecule has 0 saturated heterocycles. The molecule has 5 heteroatoms. The number of rotatable bonds is 2. The van der Waals surface area contributed by atoms with Gasteiger partial charge in [0.25, 0.3) is 0 Å². The van der Waals surface area contributed by atoms with E-state index in [0.29, 0.717) is 30.9 Å². The molecule has 0 saturated carbocycles. The van der Waals surface area contributed by atoms with E-state index in [-0.39, 0.29) is 4.99 Å². The minimum atomic E-state index is -0.390. The number of thiocarbonyl (C=S) groups is 1. The average Bonchev–Trinajstić information content (AvgIpc) is 2.68. The normalized spacial score (nSPS) is 14.0. The fraction of sp³-hybridized carbons (Fsp3) is 0.188. The van der Waals surface area contributed by atoms with Crippen molar-refractivity contribution in [1.82, 2.24) is 0 Å². The predicted molar refractivity (Wildman–Crippen MR) is 85.3 cm³/mol. The van der Waals surface area contributed by atoms with Crippen LogP contribution in [-0.2, 0) is 6.54 Å². The average molecular weight is 302 g/mol. The Hall–Kier alpha value is -2.14. The van der Waals surface area contributed by atoms with Crippen LogP contribution in [0.5, 0.6) is 5.75 Å². The van der Waals surface area contributed by atoms with Crippen molar-refractivity contribution in [3.8, 4) is 5.75 Å². The fourth-order valence-electron chi connectivity index (χ4n) is 2.55. The number of fused-ring (bicyclic) bond motifs is 1. The van der Waals surface area contributed by atoms with Crippen LogP contribution in [-0.4, -0.2) is 18.1 Å². The molecule has 0 amide bonds. The lowest BCUT2D eigenvalue weighted by molar-refractivity contribution is 0.331. The summed E-state index contributed by atoms with van der Waals surface area (Å²) in [6.07, 6.45) is 0.